The Bertz CT molecular complexity index is 627. The molecule has 0 aliphatic carbocycles. The maximum absolute atomic E-state index is 13.4. The van der Waals surface area contributed by atoms with Crippen LogP contribution in [0.15, 0.2) is 30.5 Å². The molecule has 1 N–H and O–H groups in total. The van der Waals surface area contributed by atoms with Gasteiger partial charge in [-0.2, -0.15) is 0 Å². The number of nitrogens with one attached hydrogen (secondary N) is 1. The van der Waals surface area contributed by atoms with E-state index < -0.39 is 17.7 Å². The van der Waals surface area contributed by atoms with Gasteiger partial charge < -0.3 is 4.74 Å². The van der Waals surface area contributed by atoms with Crippen LogP contribution >= 0.6 is 11.3 Å². The third kappa shape index (κ3) is 2.94. The zero-order chi connectivity index (χ0) is 13.8. The van der Waals surface area contributed by atoms with Gasteiger partial charge in [0.25, 0.3) is 5.91 Å². The van der Waals surface area contributed by atoms with Crippen LogP contribution in [0.3, 0.4) is 0 Å². The number of aromatic nitrogens is 1. The van der Waals surface area contributed by atoms with Crippen molar-refractivity contribution in [2.45, 2.75) is 0 Å². The standard InChI is InChI=1S/C12H9FN2O3S/c1-18-11(17)9-6-14-12(19-9)15-10(16)7-4-2-3-5-8(7)13/h2-6H,1H3,(H,14,15,16). The van der Waals surface area contributed by atoms with Crippen LogP contribution in [0.5, 0.6) is 0 Å². The fraction of sp³-hybridized carbons (Fsp3) is 0.0833. The fourth-order valence-corrected chi connectivity index (χ4v) is 2.07. The number of carbonyl (C=O) groups excluding carboxylic acids is 2. The summed E-state index contributed by atoms with van der Waals surface area (Å²) in [7, 11) is 1.25. The number of esters is 1. The molecule has 1 amide bonds. The Morgan fingerprint density at radius 3 is 2.79 bits per heavy atom. The lowest BCUT2D eigenvalue weighted by atomic mass is 10.2. The van der Waals surface area contributed by atoms with Gasteiger partial charge in [0, 0.05) is 0 Å². The summed E-state index contributed by atoms with van der Waals surface area (Å²) in [4.78, 5) is 27.1. The van der Waals surface area contributed by atoms with Gasteiger partial charge in [-0.3, -0.25) is 10.1 Å². The molecule has 0 spiro atoms. The van der Waals surface area contributed by atoms with E-state index in [9.17, 15) is 14.0 Å². The normalized spacial score (nSPS) is 10.0. The summed E-state index contributed by atoms with van der Waals surface area (Å²) in [6.07, 6.45) is 1.29. The molecule has 2 aromatic rings. The Kier molecular flexibility index (Phi) is 3.86. The Morgan fingerprint density at radius 1 is 1.37 bits per heavy atom. The highest BCUT2D eigenvalue weighted by Gasteiger charge is 2.15. The number of methoxy groups -OCH3 is 1. The SMILES string of the molecule is COC(=O)c1cnc(NC(=O)c2ccccc2F)s1. The maximum Gasteiger partial charge on any atom is 0.349 e. The molecule has 0 bridgehead atoms. The molecule has 0 aliphatic rings. The van der Waals surface area contributed by atoms with Gasteiger partial charge in [0.15, 0.2) is 5.13 Å². The molecular weight excluding hydrogens is 271 g/mol. The number of rotatable bonds is 3. The lowest BCUT2D eigenvalue weighted by molar-refractivity contribution is 0.0606. The first-order chi connectivity index (χ1) is 9.11. The number of anilines is 1. The zero-order valence-corrected chi connectivity index (χ0v) is 10.7. The molecule has 7 heteroatoms. The van der Waals surface area contributed by atoms with Crippen molar-refractivity contribution in [3.8, 4) is 0 Å². The average molecular weight is 280 g/mol. The molecule has 0 fully saturated rings. The highest BCUT2D eigenvalue weighted by Crippen LogP contribution is 2.20. The van der Waals surface area contributed by atoms with E-state index in [2.05, 4.69) is 15.0 Å². The number of thiazole rings is 1. The van der Waals surface area contributed by atoms with Crippen molar-refractivity contribution in [2.75, 3.05) is 12.4 Å². The number of halogens is 1. The van der Waals surface area contributed by atoms with Crippen molar-refractivity contribution in [1.82, 2.24) is 4.98 Å². The predicted molar refractivity (Wildman–Crippen MR) is 67.8 cm³/mol. The van der Waals surface area contributed by atoms with Crippen molar-refractivity contribution in [3.05, 3.63) is 46.7 Å². The fourth-order valence-electron chi connectivity index (χ4n) is 1.34. The number of benzene rings is 1. The number of hydrogen-bond acceptors (Lipinski definition) is 5. The van der Waals surface area contributed by atoms with Crippen LogP contribution in [0.1, 0.15) is 20.0 Å². The van der Waals surface area contributed by atoms with Gasteiger partial charge in [-0.15, -0.1) is 0 Å². The summed E-state index contributed by atoms with van der Waals surface area (Å²) >= 11 is 0.954. The first-order valence-corrected chi connectivity index (χ1v) is 6.03. The average Bonchev–Trinajstić information content (AvgIpc) is 2.86. The van der Waals surface area contributed by atoms with Crippen LogP contribution in [0.2, 0.25) is 0 Å². The summed E-state index contributed by atoms with van der Waals surface area (Å²) < 4.78 is 17.9. The van der Waals surface area contributed by atoms with Crippen molar-refractivity contribution in [3.63, 3.8) is 0 Å². The first kappa shape index (κ1) is 13.2. The molecule has 0 saturated heterocycles. The van der Waals surface area contributed by atoms with Gasteiger partial charge in [0.05, 0.1) is 18.9 Å². The Balaban J connectivity index is 2.14. The third-order valence-electron chi connectivity index (χ3n) is 2.23. The van der Waals surface area contributed by atoms with Gasteiger partial charge in [-0.1, -0.05) is 23.5 Å². The molecule has 0 unspecified atom stereocenters. The largest absolute Gasteiger partial charge is 0.465 e. The molecular formula is C12H9FN2O3S. The number of carbonyl (C=O) groups is 2. The van der Waals surface area contributed by atoms with Crippen LogP contribution in [-0.2, 0) is 4.74 Å². The van der Waals surface area contributed by atoms with E-state index in [0.29, 0.717) is 0 Å². The topological polar surface area (TPSA) is 68.3 Å². The van der Waals surface area contributed by atoms with E-state index in [1.807, 2.05) is 0 Å². The zero-order valence-electron chi connectivity index (χ0n) is 9.84. The van der Waals surface area contributed by atoms with Gasteiger partial charge in [0.1, 0.15) is 10.7 Å². The number of nitrogens with zero attached hydrogens (tertiary/aromatic N) is 1. The van der Waals surface area contributed by atoms with E-state index in [0.717, 1.165) is 11.3 Å². The quantitative estimate of drug-likeness (QED) is 0.876. The van der Waals surface area contributed by atoms with Crippen LogP contribution in [0.25, 0.3) is 0 Å². The molecule has 1 aromatic heterocycles. The summed E-state index contributed by atoms with van der Waals surface area (Å²) in [6.45, 7) is 0. The molecule has 2 rings (SSSR count). The minimum absolute atomic E-state index is 0.0858. The number of amides is 1. The summed E-state index contributed by atoms with van der Waals surface area (Å²) in [5, 5.41) is 2.62. The molecule has 1 aromatic carbocycles. The highest BCUT2D eigenvalue weighted by molar-refractivity contribution is 7.17. The molecule has 1 heterocycles. The first-order valence-electron chi connectivity index (χ1n) is 5.22. The molecule has 0 radical (unpaired) electrons. The molecule has 0 saturated carbocycles. The van der Waals surface area contributed by atoms with E-state index in [4.69, 9.17) is 0 Å². The summed E-state index contributed by atoms with van der Waals surface area (Å²) in [5.74, 6) is -1.78. The monoisotopic (exact) mass is 280 g/mol. The van der Waals surface area contributed by atoms with Crippen LogP contribution < -0.4 is 5.32 Å². The Labute approximate surface area is 112 Å². The maximum atomic E-state index is 13.4. The Morgan fingerprint density at radius 2 is 2.11 bits per heavy atom. The molecule has 19 heavy (non-hydrogen) atoms. The smallest absolute Gasteiger partial charge is 0.349 e. The van der Waals surface area contributed by atoms with E-state index in [-0.39, 0.29) is 15.6 Å². The minimum Gasteiger partial charge on any atom is -0.465 e. The third-order valence-corrected chi connectivity index (χ3v) is 3.12. The Hall–Kier alpha value is -2.28. The van der Waals surface area contributed by atoms with Crippen molar-refractivity contribution in [1.29, 1.82) is 0 Å². The molecule has 5 nitrogen and oxygen atoms in total. The van der Waals surface area contributed by atoms with E-state index in [1.165, 1.54) is 31.5 Å². The summed E-state index contributed by atoms with van der Waals surface area (Å²) in [6, 6.07) is 5.60. The number of ether oxygens (including phenoxy) is 1. The van der Waals surface area contributed by atoms with Gasteiger partial charge in [-0.25, -0.2) is 14.2 Å². The van der Waals surface area contributed by atoms with Crippen LogP contribution in [0, 0.1) is 5.82 Å². The van der Waals surface area contributed by atoms with Crippen LogP contribution in [-0.4, -0.2) is 24.0 Å². The van der Waals surface area contributed by atoms with Crippen molar-refractivity contribution in [2.24, 2.45) is 0 Å². The lowest BCUT2D eigenvalue weighted by Crippen LogP contribution is -2.13. The van der Waals surface area contributed by atoms with Gasteiger partial charge >= 0.3 is 5.97 Å². The second-order valence-electron chi connectivity index (χ2n) is 3.46. The second kappa shape index (κ2) is 5.57. The van der Waals surface area contributed by atoms with E-state index >= 15 is 0 Å². The van der Waals surface area contributed by atoms with Gasteiger partial charge in [-0.05, 0) is 12.1 Å². The van der Waals surface area contributed by atoms with Crippen molar-refractivity contribution >= 4 is 28.3 Å². The summed E-state index contributed by atoms with van der Waals surface area (Å²) in [5.41, 5.74) is -0.0858. The predicted octanol–water partition coefficient (Wildman–Crippen LogP) is 2.32. The van der Waals surface area contributed by atoms with Gasteiger partial charge in [0.2, 0.25) is 0 Å². The van der Waals surface area contributed by atoms with E-state index in [1.54, 1.807) is 6.07 Å². The second-order valence-corrected chi connectivity index (χ2v) is 4.49. The van der Waals surface area contributed by atoms with Crippen LogP contribution in [0.4, 0.5) is 9.52 Å². The number of hydrogen-bond donors (Lipinski definition) is 1. The molecule has 0 atom stereocenters. The lowest BCUT2D eigenvalue weighted by Gasteiger charge is -2.02. The minimum atomic E-state index is -0.621. The molecule has 0 aliphatic heterocycles. The van der Waals surface area contributed by atoms with Crippen molar-refractivity contribution < 1.29 is 18.7 Å². The highest BCUT2D eigenvalue weighted by atomic mass is 32.1. The molecule has 98 valence electrons.